The summed E-state index contributed by atoms with van der Waals surface area (Å²) >= 11 is 1.30. The molecule has 2 aromatic rings. The highest BCUT2D eigenvalue weighted by Crippen LogP contribution is 2.38. The van der Waals surface area contributed by atoms with Gasteiger partial charge in [-0.25, -0.2) is 4.98 Å². The standard InChI is InChI=1S/C11H12N2O2S/c1-5-6(2)10(15)7(3-9(5)14)8-4-16-11(12)13-8/h3-4,14-15H,1-2H3,(H2,12,13). The van der Waals surface area contributed by atoms with Gasteiger partial charge in [0, 0.05) is 10.9 Å². The Hall–Kier alpha value is -1.75. The number of thiazole rings is 1. The van der Waals surface area contributed by atoms with Gasteiger partial charge in [0.25, 0.3) is 0 Å². The summed E-state index contributed by atoms with van der Waals surface area (Å²) in [6.07, 6.45) is 0. The fraction of sp³-hybridized carbons (Fsp3) is 0.182. The molecule has 0 spiro atoms. The summed E-state index contributed by atoms with van der Waals surface area (Å²) in [4.78, 5) is 4.08. The number of nitrogens with two attached hydrogens (primary N) is 1. The molecular formula is C11H12N2O2S. The van der Waals surface area contributed by atoms with Gasteiger partial charge in [-0.2, -0.15) is 0 Å². The van der Waals surface area contributed by atoms with Crippen LogP contribution in [-0.4, -0.2) is 15.2 Å². The second-order valence-electron chi connectivity index (χ2n) is 3.61. The minimum absolute atomic E-state index is 0.139. The lowest BCUT2D eigenvalue weighted by atomic mass is 10.0. The number of phenols is 2. The molecule has 0 amide bonds. The van der Waals surface area contributed by atoms with Crippen molar-refractivity contribution >= 4 is 16.5 Å². The Kier molecular flexibility index (Phi) is 2.47. The predicted octanol–water partition coefficient (Wildman–Crippen LogP) is 2.42. The lowest BCUT2D eigenvalue weighted by molar-refractivity contribution is 0.454. The molecule has 0 bridgehead atoms. The average molecular weight is 236 g/mol. The Morgan fingerprint density at radius 2 is 1.94 bits per heavy atom. The van der Waals surface area contributed by atoms with Crippen molar-refractivity contribution < 1.29 is 10.2 Å². The number of hydrogen-bond donors (Lipinski definition) is 3. The number of phenolic OH excluding ortho intramolecular Hbond substituents is 2. The number of nitrogen functional groups attached to an aromatic ring is 1. The maximum Gasteiger partial charge on any atom is 0.180 e. The van der Waals surface area contributed by atoms with E-state index in [4.69, 9.17) is 5.73 Å². The van der Waals surface area contributed by atoms with Gasteiger partial charge in [-0.05, 0) is 31.0 Å². The zero-order valence-electron chi connectivity index (χ0n) is 8.98. The van der Waals surface area contributed by atoms with Gasteiger partial charge in [-0.3, -0.25) is 0 Å². The zero-order chi connectivity index (χ0) is 11.9. The smallest absolute Gasteiger partial charge is 0.180 e. The van der Waals surface area contributed by atoms with Gasteiger partial charge in [-0.15, -0.1) is 11.3 Å². The molecule has 0 aliphatic carbocycles. The van der Waals surface area contributed by atoms with Gasteiger partial charge in [0.15, 0.2) is 5.13 Å². The van der Waals surface area contributed by atoms with E-state index in [9.17, 15) is 10.2 Å². The van der Waals surface area contributed by atoms with Gasteiger partial charge >= 0.3 is 0 Å². The molecule has 2 rings (SSSR count). The van der Waals surface area contributed by atoms with Gasteiger partial charge < -0.3 is 15.9 Å². The number of nitrogens with zero attached hydrogens (tertiary/aromatic N) is 1. The van der Waals surface area contributed by atoms with E-state index < -0.39 is 0 Å². The SMILES string of the molecule is Cc1c(O)cc(-c2csc(N)n2)c(O)c1C. The molecule has 1 aromatic carbocycles. The van der Waals surface area contributed by atoms with Crippen molar-refractivity contribution in [1.29, 1.82) is 0 Å². The maximum absolute atomic E-state index is 9.98. The van der Waals surface area contributed by atoms with Crippen LogP contribution in [0.15, 0.2) is 11.4 Å². The lowest BCUT2D eigenvalue weighted by Crippen LogP contribution is -1.89. The van der Waals surface area contributed by atoms with E-state index in [1.165, 1.54) is 17.4 Å². The largest absolute Gasteiger partial charge is 0.508 e. The monoisotopic (exact) mass is 236 g/mol. The molecule has 0 fully saturated rings. The van der Waals surface area contributed by atoms with E-state index in [-0.39, 0.29) is 11.5 Å². The van der Waals surface area contributed by atoms with Crippen LogP contribution in [-0.2, 0) is 0 Å². The first-order valence-corrected chi connectivity index (χ1v) is 5.62. The molecule has 0 atom stereocenters. The highest BCUT2D eigenvalue weighted by atomic mass is 32.1. The van der Waals surface area contributed by atoms with Crippen LogP contribution in [0.2, 0.25) is 0 Å². The minimum Gasteiger partial charge on any atom is -0.508 e. The Morgan fingerprint density at radius 3 is 2.50 bits per heavy atom. The van der Waals surface area contributed by atoms with E-state index in [2.05, 4.69) is 4.98 Å². The van der Waals surface area contributed by atoms with Crippen molar-refractivity contribution in [3.63, 3.8) is 0 Å². The quantitative estimate of drug-likeness (QED) is 0.664. The lowest BCUT2D eigenvalue weighted by Gasteiger charge is -2.09. The number of aromatic hydroxyl groups is 2. The third-order valence-corrected chi connectivity index (χ3v) is 3.31. The summed E-state index contributed by atoms with van der Waals surface area (Å²) in [6, 6.07) is 1.51. The third-order valence-electron chi connectivity index (χ3n) is 2.64. The molecule has 16 heavy (non-hydrogen) atoms. The van der Waals surface area contributed by atoms with Crippen LogP contribution in [0.1, 0.15) is 11.1 Å². The van der Waals surface area contributed by atoms with E-state index in [1.807, 2.05) is 0 Å². The van der Waals surface area contributed by atoms with Crippen LogP contribution in [0.4, 0.5) is 5.13 Å². The van der Waals surface area contributed by atoms with Crippen LogP contribution >= 0.6 is 11.3 Å². The summed E-state index contributed by atoms with van der Waals surface area (Å²) in [7, 11) is 0. The fourth-order valence-electron chi connectivity index (χ4n) is 1.49. The zero-order valence-corrected chi connectivity index (χ0v) is 9.80. The third kappa shape index (κ3) is 1.59. The van der Waals surface area contributed by atoms with Crippen molar-refractivity contribution in [2.24, 2.45) is 0 Å². The molecule has 4 nitrogen and oxygen atoms in total. The topological polar surface area (TPSA) is 79.4 Å². The molecule has 0 saturated heterocycles. The van der Waals surface area contributed by atoms with E-state index in [0.29, 0.717) is 27.5 Å². The van der Waals surface area contributed by atoms with E-state index in [0.717, 1.165) is 0 Å². The Labute approximate surface area is 97.0 Å². The number of hydrogen-bond acceptors (Lipinski definition) is 5. The van der Waals surface area contributed by atoms with Gasteiger partial charge in [0.2, 0.25) is 0 Å². The van der Waals surface area contributed by atoms with Crippen LogP contribution in [0.25, 0.3) is 11.3 Å². The fourth-order valence-corrected chi connectivity index (χ4v) is 2.05. The molecule has 84 valence electrons. The van der Waals surface area contributed by atoms with E-state index in [1.54, 1.807) is 19.2 Å². The number of rotatable bonds is 1. The second-order valence-corrected chi connectivity index (χ2v) is 4.50. The van der Waals surface area contributed by atoms with Crippen LogP contribution < -0.4 is 5.73 Å². The molecule has 1 heterocycles. The first-order chi connectivity index (χ1) is 7.50. The van der Waals surface area contributed by atoms with Crippen LogP contribution in [0.3, 0.4) is 0 Å². The second kappa shape index (κ2) is 3.68. The Bertz CT molecular complexity index is 549. The first kappa shape index (κ1) is 10.8. The molecule has 0 saturated carbocycles. The molecule has 4 N–H and O–H groups in total. The van der Waals surface area contributed by atoms with Crippen molar-refractivity contribution in [2.75, 3.05) is 5.73 Å². The van der Waals surface area contributed by atoms with Crippen molar-refractivity contribution in [2.45, 2.75) is 13.8 Å². The summed E-state index contributed by atoms with van der Waals surface area (Å²) < 4.78 is 0. The van der Waals surface area contributed by atoms with E-state index >= 15 is 0 Å². The highest BCUT2D eigenvalue weighted by Gasteiger charge is 2.14. The van der Waals surface area contributed by atoms with Crippen LogP contribution in [0.5, 0.6) is 11.5 Å². The first-order valence-electron chi connectivity index (χ1n) is 4.74. The molecule has 0 aliphatic heterocycles. The summed E-state index contributed by atoms with van der Waals surface area (Å²) in [5.74, 6) is 0.289. The minimum atomic E-state index is 0.139. The van der Waals surface area contributed by atoms with Gasteiger partial charge in [0.05, 0.1) is 5.69 Å². The Balaban J connectivity index is 2.66. The van der Waals surface area contributed by atoms with Crippen molar-refractivity contribution in [3.05, 3.63) is 22.6 Å². The summed E-state index contributed by atoms with van der Waals surface area (Å²) in [5, 5.41) is 21.9. The molecule has 0 radical (unpaired) electrons. The normalized spacial score (nSPS) is 10.6. The maximum atomic E-state index is 9.98. The average Bonchev–Trinajstić information content (AvgIpc) is 2.67. The molecule has 0 unspecified atom stereocenters. The van der Waals surface area contributed by atoms with Crippen LogP contribution in [0, 0.1) is 13.8 Å². The van der Waals surface area contributed by atoms with Crippen molar-refractivity contribution in [3.8, 4) is 22.8 Å². The highest BCUT2D eigenvalue weighted by molar-refractivity contribution is 7.13. The Morgan fingerprint density at radius 1 is 1.25 bits per heavy atom. The molecular weight excluding hydrogens is 224 g/mol. The summed E-state index contributed by atoms with van der Waals surface area (Å²) in [5.41, 5.74) is 7.95. The number of aromatic nitrogens is 1. The van der Waals surface area contributed by atoms with Gasteiger partial charge in [0.1, 0.15) is 11.5 Å². The molecule has 0 aliphatic rings. The number of anilines is 1. The summed E-state index contributed by atoms with van der Waals surface area (Å²) in [6.45, 7) is 3.51. The van der Waals surface area contributed by atoms with Crippen molar-refractivity contribution in [1.82, 2.24) is 4.98 Å². The number of benzene rings is 1. The molecule has 1 aromatic heterocycles. The molecule has 5 heteroatoms. The van der Waals surface area contributed by atoms with Gasteiger partial charge in [-0.1, -0.05) is 0 Å². The predicted molar refractivity (Wildman–Crippen MR) is 64.8 cm³/mol.